The lowest BCUT2D eigenvalue weighted by Gasteiger charge is -2.37. The molecule has 0 spiro atoms. The molecule has 0 aromatic heterocycles. The SMILES string of the molecule is COc1ccc(CCOCCCCN2CCC(C3SC(N)=Nc4ccccc43)CC2)cc1. The zero-order chi connectivity index (χ0) is 22.2. The number of unbranched alkanes of at least 4 members (excludes halogenated alkanes) is 1. The molecular weight excluding hydrogens is 418 g/mol. The number of nitrogens with two attached hydrogens (primary N) is 1. The van der Waals surface area contributed by atoms with Gasteiger partial charge in [0.25, 0.3) is 0 Å². The number of hydrogen-bond acceptors (Lipinski definition) is 6. The van der Waals surface area contributed by atoms with E-state index in [1.165, 1.54) is 50.0 Å². The van der Waals surface area contributed by atoms with Crippen LogP contribution in [0.3, 0.4) is 0 Å². The van der Waals surface area contributed by atoms with Crippen molar-refractivity contribution >= 4 is 22.6 Å². The Bertz CT molecular complexity index is 879. The van der Waals surface area contributed by atoms with Gasteiger partial charge in [-0.05, 0) is 87.0 Å². The fourth-order valence-corrected chi connectivity index (χ4v) is 5.82. The number of nitrogens with zero attached hydrogens (tertiary/aromatic N) is 2. The average molecular weight is 454 g/mol. The molecule has 0 radical (unpaired) electrons. The summed E-state index contributed by atoms with van der Waals surface area (Å²) in [6, 6.07) is 16.7. The highest BCUT2D eigenvalue weighted by atomic mass is 32.2. The third kappa shape index (κ3) is 6.27. The van der Waals surface area contributed by atoms with Gasteiger partial charge in [-0.15, -0.1) is 0 Å². The molecule has 0 aliphatic carbocycles. The van der Waals surface area contributed by atoms with Crippen LogP contribution in [0.5, 0.6) is 5.75 Å². The zero-order valence-electron chi connectivity index (χ0n) is 19.0. The van der Waals surface area contributed by atoms with Crippen molar-refractivity contribution < 1.29 is 9.47 Å². The Morgan fingerprint density at radius 1 is 1.03 bits per heavy atom. The van der Waals surface area contributed by atoms with Crippen molar-refractivity contribution in [2.24, 2.45) is 16.6 Å². The Morgan fingerprint density at radius 3 is 2.59 bits per heavy atom. The topological polar surface area (TPSA) is 60.1 Å². The molecule has 2 aliphatic rings. The Labute approximate surface area is 196 Å². The minimum absolute atomic E-state index is 0.449. The quantitative estimate of drug-likeness (QED) is 0.502. The van der Waals surface area contributed by atoms with E-state index in [1.807, 2.05) is 18.2 Å². The molecule has 1 atom stereocenters. The number of fused-ring (bicyclic) bond motifs is 1. The first-order valence-corrected chi connectivity index (χ1v) is 12.6. The van der Waals surface area contributed by atoms with E-state index in [2.05, 4.69) is 40.2 Å². The zero-order valence-corrected chi connectivity index (χ0v) is 19.9. The van der Waals surface area contributed by atoms with Crippen LogP contribution in [0.2, 0.25) is 0 Å². The molecule has 1 fully saturated rings. The molecular formula is C26H35N3O2S. The van der Waals surface area contributed by atoms with Gasteiger partial charge in [0.1, 0.15) is 5.75 Å². The summed E-state index contributed by atoms with van der Waals surface area (Å²) in [4.78, 5) is 7.15. The van der Waals surface area contributed by atoms with Crippen molar-refractivity contribution in [1.29, 1.82) is 0 Å². The van der Waals surface area contributed by atoms with Crippen LogP contribution in [0.25, 0.3) is 0 Å². The number of amidine groups is 1. The number of para-hydroxylation sites is 1. The highest BCUT2D eigenvalue weighted by Crippen LogP contribution is 2.47. The van der Waals surface area contributed by atoms with Crippen LogP contribution in [-0.4, -0.2) is 50.0 Å². The Balaban J connectivity index is 1.10. The van der Waals surface area contributed by atoms with E-state index in [-0.39, 0.29) is 0 Å². The first kappa shape index (κ1) is 23.1. The number of likely N-dealkylation sites (tertiary alicyclic amines) is 1. The van der Waals surface area contributed by atoms with E-state index in [0.29, 0.717) is 16.3 Å². The van der Waals surface area contributed by atoms with Gasteiger partial charge in [0, 0.05) is 11.9 Å². The van der Waals surface area contributed by atoms with Gasteiger partial charge in [-0.2, -0.15) is 0 Å². The van der Waals surface area contributed by atoms with Crippen LogP contribution in [0.1, 0.15) is 42.1 Å². The Morgan fingerprint density at radius 2 is 1.81 bits per heavy atom. The number of methoxy groups -OCH3 is 1. The molecule has 4 rings (SSSR count). The van der Waals surface area contributed by atoms with Gasteiger partial charge >= 0.3 is 0 Å². The van der Waals surface area contributed by atoms with Gasteiger partial charge in [-0.3, -0.25) is 0 Å². The van der Waals surface area contributed by atoms with E-state index in [9.17, 15) is 0 Å². The molecule has 1 saturated heterocycles. The molecule has 2 aliphatic heterocycles. The highest BCUT2D eigenvalue weighted by Gasteiger charge is 2.32. The molecule has 2 N–H and O–H groups in total. The molecule has 2 aromatic carbocycles. The number of ether oxygens (including phenoxy) is 2. The van der Waals surface area contributed by atoms with E-state index >= 15 is 0 Å². The summed E-state index contributed by atoms with van der Waals surface area (Å²) >= 11 is 1.75. The standard InChI is InChI=1S/C26H35N3O2S/c1-30-22-10-8-20(9-11-22)14-19-31-18-5-4-15-29-16-12-21(13-17-29)25-23-6-2-3-7-24(23)28-26(27)32-25/h2-3,6-11,21,25H,4-5,12-19H2,1H3,(H2,27,28). The largest absolute Gasteiger partial charge is 0.497 e. The van der Waals surface area contributed by atoms with E-state index in [1.54, 1.807) is 18.9 Å². The fourth-order valence-electron chi connectivity index (χ4n) is 4.62. The summed E-state index contributed by atoms with van der Waals surface area (Å²) in [6.45, 7) is 5.16. The molecule has 32 heavy (non-hydrogen) atoms. The maximum absolute atomic E-state index is 6.12. The van der Waals surface area contributed by atoms with Crippen LogP contribution < -0.4 is 10.5 Å². The summed E-state index contributed by atoms with van der Waals surface area (Å²) in [5, 5.41) is 1.16. The molecule has 0 amide bonds. The van der Waals surface area contributed by atoms with Crippen molar-refractivity contribution in [1.82, 2.24) is 4.90 Å². The normalized spacial score (nSPS) is 19.4. The van der Waals surface area contributed by atoms with Crippen molar-refractivity contribution in [2.75, 3.05) is 40.0 Å². The number of benzene rings is 2. The van der Waals surface area contributed by atoms with Gasteiger partial charge in [0.15, 0.2) is 5.17 Å². The second-order valence-electron chi connectivity index (χ2n) is 8.64. The fraction of sp³-hybridized carbons (Fsp3) is 0.500. The lowest BCUT2D eigenvalue weighted by atomic mass is 9.88. The van der Waals surface area contributed by atoms with Crippen molar-refractivity contribution in [3.8, 4) is 5.75 Å². The predicted molar refractivity (Wildman–Crippen MR) is 134 cm³/mol. The third-order valence-corrected chi connectivity index (χ3v) is 7.71. The van der Waals surface area contributed by atoms with E-state index in [4.69, 9.17) is 15.2 Å². The summed E-state index contributed by atoms with van der Waals surface area (Å²) in [7, 11) is 1.70. The molecule has 6 heteroatoms. The second kappa shape index (κ2) is 11.7. The molecule has 172 valence electrons. The maximum Gasteiger partial charge on any atom is 0.159 e. The minimum atomic E-state index is 0.449. The first-order chi connectivity index (χ1) is 15.7. The van der Waals surface area contributed by atoms with Crippen LogP contribution >= 0.6 is 11.8 Å². The van der Waals surface area contributed by atoms with Gasteiger partial charge in [0.05, 0.1) is 19.4 Å². The maximum atomic E-state index is 6.12. The van der Waals surface area contributed by atoms with Crippen LogP contribution in [0, 0.1) is 5.92 Å². The van der Waals surface area contributed by atoms with Crippen molar-refractivity contribution in [3.05, 3.63) is 59.7 Å². The number of rotatable bonds is 10. The number of aliphatic imine (C=N–C) groups is 1. The summed E-state index contributed by atoms with van der Waals surface area (Å²) in [5.41, 5.74) is 9.83. The monoisotopic (exact) mass is 453 g/mol. The average Bonchev–Trinajstić information content (AvgIpc) is 2.83. The van der Waals surface area contributed by atoms with Gasteiger partial charge in [-0.25, -0.2) is 4.99 Å². The number of thioether (sulfide) groups is 1. The van der Waals surface area contributed by atoms with Crippen LogP contribution in [-0.2, 0) is 11.2 Å². The Hall–Kier alpha value is -2.02. The van der Waals surface area contributed by atoms with Crippen LogP contribution in [0.4, 0.5) is 5.69 Å². The molecule has 1 unspecified atom stereocenters. The minimum Gasteiger partial charge on any atom is -0.497 e. The summed E-state index contributed by atoms with van der Waals surface area (Å²) in [6.07, 6.45) is 5.75. The highest BCUT2D eigenvalue weighted by molar-refractivity contribution is 8.14. The van der Waals surface area contributed by atoms with Gasteiger partial charge in [-0.1, -0.05) is 42.1 Å². The molecule has 2 aromatic rings. The van der Waals surface area contributed by atoms with Crippen molar-refractivity contribution in [3.63, 3.8) is 0 Å². The van der Waals surface area contributed by atoms with Gasteiger partial charge < -0.3 is 20.1 Å². The Kier molecular flexibility index (Phi) is 8.49. The third-order valence-electron chi connectivity index (χ3n) is 6.49. The van der Waals surface area contributed by atoms with Gasteiger partial charge in [0.2, 0.25) is 0 Å². The van der Waals surface area contributed by atoms with Crippen LogP contribution in [0.15, 0.2) is 53.5 Å². The lowest BCUT2D eigenvalue weighted by Crippen LogP contribution is -2.36. The van der Waals surface area contributed by atoms with E-state index in [0.717, 1.165) is 37.5 Å². The smallest absolute Gasteiger partial charge is 0.159 e. The first-order valence-electron chi connectivity index (χ1n) is 11.8. The second-order valence-corrected chi connectivity index (χ2v) is 9.81. The van der Waals surface area contributed by atoms with E-state index < -0.39 is 0 Å². The predicted octanol–water partition coefficient (Wildman–Crippen LogP) is 5.18. The van der Waals surface area contributed by atoms with Crippen molar-refractivity contribution in [2.45, 2.75) is 37.4 Å². The molecule has 0 saturated carbocycles. The molecule has 2 heterocycles. The molecule has 5 nitrogen and oxygen atoms in total. The molecule has 0 bridgehead atoms. The number of piperidine rings is 1. The summed E-state index contributed by atoms with van der Waals surface area (Å²) < 4.78 is 11.0. The lowest BCUT2D eigenvalue weighted by molar-refractivity contribution is 0.125. The summed E-state index contributed by atoms with van der Waals surface area (Å²) in [5.74, 6) is 1.58. The number of hydrogen-bond donors (Lipinski definition) is 1.